The summed E-state index contributed by atoms with van der Waals surface area (Å²) in [6, 6.07) is 0.513. The fraction of sp³-hybridized carbons (Fsp3) is 0.786. The van der Waals surface area contributed by atoms with E-state index in [0.717, 1.165) is 18.2 Å². The van der Waals surface area contributed by atoms with Crippen LogP contribution in [0.15, 0.2) is 6.20 Å². The molecule has 0 saturated carbocycles. The highest BCUT2D eigenvalue weighted by Gasteiger charge is 2.07. The summed E-state index contributed by atoms with van der Waals surface area (Å²) in [7, 11) is 0. The van der Waals surface area contributed by atoms with Crippen LogP contribution in [0.3, 0.4) is 0 Å². The molecule has 1 heterocycles. The van der Waals surface area contributed by atoms with Crippen molar-refractivity contribution < 1.29 is 0 Å². The topological polar surface area (TPSA) is 29.9 Å². The predicted molar refractivity (Wildman–Crippen MR) is 74.5 cm³/mol. The smallest absolute Gasteiger partial charge is 0.203 e. The van der Waals surface area contributed by atoms with Crippen LogP contribution in [0, 0.1) is 6.92 Å². The minimum Gasteiger partial charge on any atom is -0.353 e. The second-order valence-electron chi connectivity index (χ2n) is 4.89. The van der Waals surface area contributed by atoms with E-state index < -0.39 is 0 Å². The lowest BCUT2D eigenvalue weighted by molar-refractivity contribution is 0.588. The summed E-state index contributed by atoms with van der Waals surface area (Å²) >= 11 is 0. The van der Waals surface area contributed by atoms with Crippen molar-refractivity contribution in [1.82, 2.24) is 9.55 Å². The van der Waals surface area contributed by atoms with E-state index in [9.17, 15) is 0 Å². The quantitative estimate of drug-likeness (QED) is 0.693. The van der Waals surface area contributed by atoms with Gasteiger partial charge in [0.1, 0.15) is 0 Å². The van der Waals surface area contributed by atoms with Crippen LogP contribution in [0.25, 0.3) is 0 Å². The summed E-state index contributed by atoms with van der Waals surface area (Å²) < 4.78 is 2.18. The average molecular weight is 237 g/mol. The van der Waals surface area contributed by atoms with E-state index >= 15 is 0 Å². The number of rotatable bonds is 8. The summed E-state index contributed by atoms with van der Waals surface area (Å²) in [5, 5.41) is 3.51. The highest BCUT2D eigenvalue weighted by atomic mass is 15.2. The Balaban J connectivity index is 2.36. The minimum atomic E-state index is 0.513. The lowest BCUT2D eigenvalue weighted by Crippen LogP contribution is -2.18. The van der Waals surface area contributed by atoms with Gasteiger partial charge in [-0.15, -0.1) is 0 Å². The first-order valence-corrected chi connectivity index (χ1v) is 6.97. The maximum absolute atomic E-state index is 4.52. The van der Waals surface area contributed by atoms with Crippen LogP contribution in [0.1, 0.15) is 58.6 Å². The van der Waals surface area contributed by atoms with Crippen molar-refractivity contribution in [2.24, 2.45) is 0 Å². The van der Waals surface area contributed by atoms with E-state index in [1.54, 1.807) is 0 Å². The summed E-state index contributed by atoms with van der Waals surface area (Å²) in [4.78, 5) is 4.52. The van der Waals surface area contributed by atoms with Gasteiger partial charge < -0.3 is 9.88 Å². The Morgan fingerprint density at radius 2 is 2.06 bits per heavy atom. The fourth-order valence-electron chi connectivity index (χ4n) is 2.07. The van der Waals surface area contributed by atoms with Crippen LogP contribution in [-0.4, -0.2) is 15.6 Å². The van der Waals surface area contributed by atoms with Gasteiger partial charge in [-0.2, -0.15) is 0 Å². The Hall–Kier alpha value is -0.990. The van der Waals surface area contributed by atoms with E-state index in [0.29, 0.717) is 6.04 Å². The zero-order chi connectivity index (χ0) is 12.7. The summed E-state index contributed by atoms with van der Waals surface area (Å²) in [5.74, 6) is 1.02. The molecule has 1 N–H and O–H groups in total. The van der Waals surface area contributed by atoms with Gasteiger partial charge in [-0.25, -0.2) is 4.98 Å². The predicted octanol–water partition coefficient (Wildman–Crippen LogP) is 3.98. The van der Waals surface area contributed by atoms with Crippen LogP contribution in [0.5, 0.6) is 0 Å². The molecule has 1 atom stereocenters. The highest BCUT2D eigenvalue weighted by Crippen LogP contribution is 2.12. The Morgan fingerprint density at radius 3 is 2.71 bits per heavy atom. The Labute approximate surface area is 106 Å². The van der Waals surface area contributed by atoms with Crippen molar-refractivity contribution in [1.29, 1.82) is 0 Å². The summed E-state index contributed by atoms with van der Waals surface area (Å²) in [5.41, 5.74) is 1.09. The van der Waals surface area contributed by atoms with Crippen LogP contribution in [0.4, 0.5) is 5.95 Å². The maximum Gasteiger partial charge on any atom is 0.203 e. The van der Waals surface area contributed by atoms with Gasteiger partial charge in [0.2, 0.25) is 5.95 Å². The molecule has 0 fully saturated rings. The van der Waals surface area contributed by atoms with Crippen LogP contribution in [-0.2, 0) is 6.54 Å². The van der Waals surface area contributed by atoms with E-state index in [4.69, 9.17) is 0 Å². The molecule has 0 aliphatic rings. The number of hydrogen-bond donors (Lipinski definition) is 1. The summed E-state index contributed by atoms with van der Waals surface area (Å²) in [6.45, 7) is 9.67. The minimum absolute atomic E-state index is 0.513. The molecule has 0 amide bonds. The molecule has 98 valence electrons. The van der Waals surface area contributed by atoms with E-state index in [1.807, 2.05) is 6.92 Å². The molecular formula is C14H27N3. The van der Waals surface area contributed by atoms with Crippen LogP contribution >= 0.6 is 0 Å². The molecule has 17 heavy (non-hydrogen) atoms. The highest BCUT2D eigenvalue weighted by molar-refractivity contribution is 5.29. The molecule has 1 unspecified atom stereocenters. The van der Waals surface area contributed by atoms with Crippen molar-refractivity contribution in [3.63, 3.8) is 0 Å². The molecule has 1 rings (SSSR count). The molecule has 0 bridgehead atoms. The number of anilines is 1. The molecule has 0 saturated heterocycles. The van der Waals surface area contributed by atoms with Gasteiger partial charge in [0.15, 0.2) is 0 Å². The Kier molecular flexibility index (Phi) is 6.09. The third kappa shape index (κ3) is 4.80. The normalized spacial score (nSPS) is 12.7. The molecular weight excluding hydrogens is 210 g/mol. The van der Waals surface area contributed by atoms with Crippen LogP contribution in [0.2, 0.25) is 0 Å². The van der Waals surface area contributed by atoms with Gasteiger partial charge in [-0.1, -0.05) is 32.6 Å². The number of aryl methyl sites for hydroxylation is 2. The zero-order valence-corrected chi connectivity index (χ0v) is 11.8. The first-order chi connectivity index (χ1) is 8.17. The van der Waals surface area contributed by atoms with Crippen molar-refractivity contribution in [3.8, 4) is 0 Å². The molecule has 0 aliphatic carbocycles. The third-order valence-corrected chi connectivity index (χ3v) is 3.10. The maximum atomic E-state index is 4.52. The monoisotopic (exact) mass is 237 g/mol. The second kappa shape index (κ2) is 7.36. The van der Waals surface area contributed by atoms with E-state index in [2.05, 4.69) is 41.8 Å². The first kappa shape index (κ1) is 14.1. The second-order valence-corrected chi connectivity index (χ2v) is 4.89. The Morgan fingerprint density at radius 1 is 1.29 bits per heavy atom. The van der Waals surface area contributed by atoms with Gasteiger partial charge in [0, 0.05) is 18.8 Å². The lowest BCUT2D eigenvalue weighted by atomic mass is 10.1. The Bertz CT molecular complexity index is 317. The zero-order valence-electron chi connectivity index (χ0n) is 11.8. The van der Waals surface area contributed by atoms with Crippen molar-refractivity contribution >= 4 is 5.95 Å². The molecule has 3 nitrogen and oxygen atoms in total. The lowest BCUT2D eigenvalue weighted by Gasteiger charge is -2.15. The molecule has 3 heteroatoms. The standard InChI is InChI=1S/C14H27N3/c1-5-7-8-9-10-12(3)15-14-16-13(4)11-17(14)6-2/h11-12H,5-10H2,1-4H3,(H,15,16). The van der Waals surface area contributed by atoms with Crippen LogP contribution < -0.4 is 5.32 Å². The number of imidazole rings is 1. The largest absolute Gasteiger partial charge is 0.353 e. The average Bonchev–Trinajstić information content (AvgIpc) is 2.65. The number of hydrogen-bond acceptors (Lipinski definition) is 2. The number of aromatic nitrogens is 2. The SMILES string of the molecule is CCCCCCC(C)Nc1nc(C)cn1CC. The first-order valence-electron chi connectivity index (χ1n) is 6.97. The summed E-state index contributed by atoms with van der Waals surface area (Å²) in [6.07, 6.45) is 8.66. The van der Waals surface area contributed by atoms with Crippen molar-refractivity contribution in [3.05, 3.63) is 11.9 Å². The fourth-order valence-corrected chi connectivity index (χ4v) is 2.07. The molecule has 1 aromatic heterocycles. The van der Waals surface area contributed by atoms with Crippen molar-refractivity contribution in [2.45, 2.75) is 72.4 Å². The molecule has 0 aromatic carbocycles. The molecule has 1 aromatic rings. The van der Waals surface area contributed by atoms with E-state index in [-0.39, 0.29) is 0 Å². The number of unbranched alkanes of at least 4 members (excludes halogenated alkanes) is 3. The molecule has 0 spiro atoms. The van der Waals surface area contributed by atoms with Gasteiger partial charge in [0.05, 0.1) is 5.69 Å². The van der Waals surface area contributed by atoms with Gasteiger partial charge in [-0.05, 0) is 27.2 Å². The molecule has 0 aliphatic heterocycles. The van der Waals surface area contributed by atoms with Gasteiger partial charge >= 0.3 is 0 Å². The molecule has 0 radical (unpaired) electrons. The number of nitrogens with one attached hydrogen (secondary N) is 1. The number of nitrogens with zero attached hydrogens (tertiary/aromatic N) is 2. The van der Waals surface area contributed by atoms with Gasteiger partial charge in [0.25, 0.3) is 0 Å². The van der Waals surface area contributed by atoms with E-state index in [1.165, 1.54) is 32.1 Å². The van der Waals surface area contributed by atoms with Gasteiger partial charge in [-0.3, -0.25) is 0 Å². The third-order valence-electron chi connectivity index (χ3n) is 3.10. The van der Waals surface area contributed by atoms with Crippen molar-refractivity contribution in [2.75, 3.05) is 5.32 Å².